The van der Waals surface area contributed by atoms with E-state index in [2.05, 4.69) is 0 Å². The van der Waals surface area contributed by atoms with Crippen LogP contribution in [0.15, 0.2) is 0 Å². The lowest BCUT2D eigenvalue weighted by atomic mass is 10.4. The van der Waals surface area contributed by atoms with Gasteiger partial charge in [0.25, 0.3) is 0 Å². The molecule has 13 heavy (non-hydrogen) atoms. The molecule has 0 aromatic carbocycles. The average molecular weight is 228 g/mol. The number of hydrogen-bond acceptors (Lipinski definition) is 3. The first kappa shape index (κ1) is 12.7. The number of hydrogen-bond donors (Lipinski definition) is 0. The fourth-order valence-corrected chi connectivity index (χ4v) is 1.59. The van der Waals surface area contributed by atoms with Gasteiger partial charge in [0.05, 0.1) is 5.75 Å². The summed E-state index contributed by atoms with van der Waals surface area (Å²) in [5.41, 5.74) is 0. The Morgan fingerprint density at radius 1 is 1.31 bits per heavy atom. The van der Waals surface area contributed by atoms with Crippen LogP contribution in [0.1, 0.15) is 20.3 Å². The van der Waals surface area contributed by atoms with Gasteiger partial charge in [0.2, 0.25) is 15.0 Å². The first-order valence-electron chi connectivity index (χ1n) is 4.10. The third-order valence-electron chi connectivity index (χ3n) is 1.68. The van der Waals surface area contributed by atoms with Crippen LogP contribution in [0.4, 0.5) is 0 Å². The van der Waals surface area contributed by atoms with E-state index >= 15 is 0 Å². The number of carbonyl (C=O) groups excluding carboxylic acids is 1. The van der Waals surface area contributed by atoms with Crippen molar-refractivity contribution in [3.05, 3.63) is 0 Å². The van der Waals surface area contributed by atoms with E-state index in [0.717, 1.165) is 0 Å². The van der Waals surface area contributed by atoms with Crippen molar-refractivity contribution in [3.8, 4) is 0 Å². The molecular formula is C7H14ClNO3S. The van der Waals surface area contributed by atoms with E-state index in [1.165, 1.54) is 0 Å². The predicted octanol–water partition coefficient (Wildman–Crippen LogP) is 0.814. The van der Waals surface area contributed by atoms with Gasteiger partial charge in [-0.2, -0.15) is 0 Å². The summed E-state index contributed by atoms with van der Waals surface area (Å²) in [7, 11) is 1.43. The first-order valence-corrected chi connectivity index (χ1v) is 6.58. The van der Waals surface area contributed by atoms with E-state index < -0.39 is 9.05 Å². The van der Waals surface area contributed by atoms with Crippen LogP contribution in [-0.2, 0) is 13.8 Å². The van der Waals surface area contributed by atoms with Gasteiger partial charge in [0.15, 0.2) is 0 Å². The third-order valence-corrected chi connectivity index (χ3v) is 2.83. The van der Waals surface area contributed by atoms with E-state index in [9.17, 15) is 13.2 Å². The lowest BCUT2D eigenvalue weighted by molar-refractivity contribution is -0.130. The van der Waals surface area contributed by atoms with Crippen molar-refractivity contribution in [2.24, 2.45) is 0 Å². The molecule has 0 aromatic heterocycles. The molecule has 0 atom stereocenters. The summed E-state index contributed by atoms with van der Waals surface area (Å²) < 4.78 is 21.1. The van der Waals surface area contributed by atoms with Gasteiger partial charge in [-0.1, -0.05) is 0 Å². The highest BCUT2D eigenvalue weighted by molar-refractivity contribution is 8.13. The van der Waals surface area contributed by atoms with Crippen LogP contribution in [0.5, 0.6) is 0 Å². The van der Waals surface area contributed by atoms with Crippen LogP contribution < -0.4 is 0 Å². The minimum absolute atomic E-state index is 0.0342. The Morgan fingerprint density at radius 3 is 2.08 bits per heavy atom. The SMILES string of the molecule is CCN(CC)C(=O)CCS(=O)(=O)Cl. The Morgan fingerprint density at radius 2 is 1.77 bits per heavy atom. The maximum absolute atomic E-state index is 11.3. The number of nitrogens with zero attached hydrogens (tertiary/aromatic N) is 1. The highest BCUT2D eigenvalue weighted by atomic mass is 35.7. The quantitative estimate of drug-likeness (QED) is 0.654. The Kier molecular flexibility index (Phi) is 5.32. The monoisotopic (exact) mass is 227 g/mol. The van der Waals surface area contributed by atoms with Crippen molar-refractivity contribution in [1.29, 1.82) is 0 Å². The van der Waals surface area contributed by atoms with Crippen LogP contribution in [0.2, 0.25) is 0 Å². The second kappa shape index (κ2) is 5.44. The van der Waals surface area contributed by atoms with E-state index in [0.29, 0.717) is 13.1 Å². The fraction of sp³-hybridized carbons (Fsp3) is 0.857. The van der Waals surface area contributed by atoms with Crippen molar-refractivity contribution in [2.75, 3.05) is 18.8 Å². The molecule has 0 heterocycles. The maximum atomic E-state index is 11.3. The second-order valence-corrected chi connectivity index (χ2v) is 5.46. The van der Waals surface area contributed by atoms with Crippen molar-refractivity contribution in [3.63, 3.8) is 0 Å². The molecule has 0 rings (SSSR count). The molecule has 0 aliphatic heterocycles. The molecule has 0 N–H and O–H groups in total. The minimum atomic E-state index is -3.54. The second-order valence-electron chi connectivity index (χ2n) is 2.56. The highest BCUT2D eigenvalue weighted by Crippen LogP contribution is 2.01. The molecule has 0 aliphatic carbocycles. The van der Waals surface area contributed by atoms with Crippen LogP contribution in [0.25, 0.3) is 0 Å². The Bertz CT molecular complexity index is 259. The van der Waals surface area contributed by atoms with Crippen LogP contribution in [-0.4, -0.2) is 38.1 Å². The molecule has 0 aromatic rings. The first-order chi connectivity index (χ1) is 5.90. The maximum Gasteiger partial charge on any atom is 0.233 e. The summed E-state index contributed by atoms with van der Waals surface area (Å²) in [5.74, 6) is -0.460. The zero-order chi connectivity index (χ0) is 10.5. The molecule has 0 aliphatic rings. The molecule has 0 bridgehead atoms. The zero-order valence-electron chi connectivity index (χ0n) is 7.79. The van der Waals surface area contributed by atoms with E-state index in [1.807, 2.05) is 13.8 Å². The number of amides is 1. The topological polar surface area (TPSA) is 54.5 Å². The third kappa shape index (κ3) is 5.87. The van der Waals surface area contributed by atoms with Crippen molar-refractivity contribution < 1.29 is 13.2 Å². The van der Waals surface area contributed by atoms with Gasteiger partial charge in [0, 0.05) is 30.2 Å². The van der Waals surface area contributed by atoms with Crippen LogP contribution in [0, 0.1) is 0 Å². The van der Waals surface area contributed by atoms with Gasteiger partial charge in [-0.3, -0.25) is 4.79 Å². The lowest BCUT2D eigenvalue weighted by Gasteiger charge is -2.17. The minimum Gasteiger partial charge on any atom is -0.343 e. The van der Waals surface area contributed by atoms with E-state index in [-0.39, 0.29) is 18.1 Å². The summed E-state index contributed by atoms with van der Waals surface area (Å²) in [6.45, 7) is 4.88. The molecule has 0 saturated carbocycles. The normalized spacial score (nSPS) is 11.3. The van der Waals surface area contributed by atoms with E-state index in [1.54, 1.807) is 4.90 Å². The molecule has 0 fully saturated rings. The van der Waals surface area contributed by atoms with Crippen LogP contribution >= 0.6 is 10.7 Å². The van der Waals surface area contributed by atoms with Gasteiger partial charge in [-0.15, -0.1) is 0 Å². The van der Waals surface area contributed by atoms with Gasteiger partial charge in [-0.05, 0) is 13.8 Å². The Hall–Kier alpha value is -0.290. The fourth-order valence-electron chi connectivity index (χ4n) is 0.944. The van der Waals surface area contributed by atoms with Crippen molar-refractivity contribution in [1.82, 2.24) is 4.90 Å². The molecule has 0 unspecified atom stereocenters. The molecule has 6 heteroatoms. The van der Waals surface area contributed by atoms with Gasteiger partial charge in [-0.25, -0.2) is 8.42 Å². The van der Waals surface area contributed by atoms with Gasteiger partial charge < -0.3 is 4.90 Å². The molecule has 1 amide bonds. The van der Waals surface area contributed by atoms with Crippen molar-refractivity contribution >= 4 is 25.6 Å². The Labute approximate surface area is 83.3 Å². The Balaban J connectivity index is 4.01. The summed E-state index contributed by atoms with van der Waals surface area (Å²) >= 11 is 0. The number of carbonyl (C=O) groups is 1. The van der Waals surface area contributed by atoms with Gasteiger partial charge in [0.1, 0.15) is 0 Å². The molecule has 0 saturated heterocycles. The molecular weight excluding hydrogens is 214 g/mol. The highest BCUT2D eigenvalue weighted by Gasteiger charge is 2.13. The summed E-state index contributed by atoms with van der Waals surface area (Å²) in [6, 6.07) is 0. The van der Waals surface area contributed by atoms with E-state index in [4.69, 9.17) is 10.7 Å². The average Bonchev–Trinajstić information content (AvgIpc) is 2.02. The van der Waals surface area contributed by atoms with Gasteiger partial charge >= 0.3 is 0 Å². The smallest absolute Gasteiger partial charge is 0.233 e. The van der Waals surface area contributed by atoms with Crippen molar-refractivity contribution in [2.45, 2.75) is 20.3 Å². The number of rotatable bonds is 5. The summed E-state index contributed by atoms with van der Waals surface area (Å²) in [6.07, 6.45) is -0.0342. The summed E-state index contributed by atoms with van der Waals surface area (Å²) in [5, 5.41) is 0. The molecule has 0 spiro atoms. The molecule has 78 valence electrons. The number of halogens is 1. The largest absolute Gasteiger partial charge is 0.343 e. The molecule has 0 radical (unpaired) electrons. The van der Waals surface area contributed by atoms with Crippen LogP contribution in [0.3, 0.4) is 0 Å². The standard InChI is InChI=1S/C7H14ClNO3S/c1-3-9(4-2)7(10)5-6-13(8,11)12/h3-6H2,1-2H3. The zero-order valence-corrected chi connectivity index (χ0v) is 9.36. The predicted molar refractivity (Wildman–Crippen MR) is 52.2 cm³/mol. The lowest BCUT2D eigenvalue weighted by Crippen LogP contribution is -2.31. The summed E-state index contributed by atoms with van der Waals surface area (Å²) in [4.78, 5) is 12.8. The molecule has 4 nitrogen and oxygen atoms in total.